The Balaban J connectivity index is 1.27. The molecular formula is C25H32N2O4S. The first-order valence-electron chi connectivity index (χ1n) is 11.2. The number of ether oxygens (including phenoxy) is 1. The summed E-state index contributed by atoms with van der Waals surface area (Å²) in [6.45, 7) is 0.586. The molecule has 1 N–H and O–H groups in total. The molecule has 1 aliphatic rings. The maximum Gasteiger partial charge on any atom is 0.239 e. The van der Waals surface area contributed by atoms with Gasteiger partial charge in [-0.3, -0.25) is 14.5 Å². The average Bonchev–Trinajstić information content (AvgIpc) is 2.81. The van der Waals surface area contributed by atoms with Gasteiger partial charge in [0.1, 0.15) is 18.0 Å². The van der Waals surface area contributed by atoms with E-state index in [2.05, 4.69) is 17.4 Å². The van der Waals surface area contributed by atoms with Crippen LogP contribution in [0.5, 0.6) is 5.75 Å². The molecule has 7 heteroatoms. The van der Waals surface area contributed by atoms with Crippen LogP contribution in [0, 0.1) is 0 Å². The molecule has 0 spiro atoms. The van der Waals surface area contributed by atoms with E-state index in [0.29, 0.717) is 12.3 Å². The highest BCUT2D eigenvalue weighted by molar-refractivity contribution is 7.91. The largest absolute Gasteiger partial charge is 0.614 e. The average molecular weight is 457 g/mol. The molecule has 0 saturated carbocycles. The first kappa shape index (κ1) is 24.1. The highest BCUT2D eigenvalue weighted by Gasteiger charge is 2.45. The van der Waals surface area contributed by atoms with Crippen molar-refractivity contribution in [3.05, 3.63) is 65.7 Å². The monoisotopic (exact) mass is 456 g/mol. The van der Waals surface area contributed by atoms with Gasteiger partial charge in [-0.15, -0.1) is 0 Å². The molecule has 2 amide bonds. The van der Waals surface area contributed by atoms with E-state index in [9.17, 15) is 14.1 Å². The predicted octanol–water partition coefficient (Wildman–Crippen LogP) is 3.42. The number of hydrogen-bond acceptors (Lipinski definition) is 4. The molecule has 172 valence electrons. The van der Waals surface area contributed by atoms with Crippen LogP contribution in [0.1, 0.15) is 43.2 Å². The van der Waals surface area contributed by atoms with Crippen molar-refractivity contribution in [2.24, 2.45) is 0 Å². The molecule has 32 heavy (non-hydrogen) atoms. The van der Waals surface area contributed by atoms with Gasteiger partial charge in [0.05, 0.1) is 13.5 Å². The Bertz CT molecular complexity index is 860. The van der Waals surface area contributed by atoms with Gasteiger partial charge in [0.2, 0.25) is 11.8 Å². The first-order chi connectivity index (χ1) is 15.6. The fourth-order valence-electron chi connectivity index (χ4n) is 3.72. The number of carbonyl (C=O) groups excluding carboxylic acids is 2. The van der Waals surface area contributed by atoms with Gasteiger partial charge in [-0.25, -0.2) is 0 Å². The summed E-state index contributed by atoms with van der Waals surface area (Å²) in [5, 5.41) is 2.52. The lowest BCUT2D eigenvalue weighted by molar-refractivity contribution is -0.145. The minimum Gasteiger partial charge on any atom is -0.614 e. The van der Waals surface area contributed by atoms with Gasteiger partial charge < -0.3 is 14.6 Å². The summed E-state index contributed by atoms with van der Waals surface area (Å²) in [7, 11) is 1.67. The number of nitrogens with zero attached hydrogens (tertiary/aromatic N) is 1. The smallest absolute Gasteiger partial charge is 0.239 e. The molecule has 1 fully saturated rings. The topological polar surface area (TPSA) is 81.7 Å². The van der Waals surface area contributed by atoms with Crippen LogP contribution in [0.3, 0.4) is 0 Å². The van der Waals surface area contributed by atoms with Crippen LogP contribution in [-0.4, -0.2) is 46.8 Å². The van der Waals surface area contributed by atoms with Gasteiger partial charge in [-0.2, -0.15) is 0 Å². The molecule has 1 saturated heterocycles. The minimum atomic E-state index is -1.21. The molecule has 2 aromatic carbocycles. The standard InChI is InChI=1S/C25H32N2O4S/c1-31-22-14-12-20(13-15-22)9-5-2-3-8-16-26-23(28)18-27-24(29)17-25(27)32(30)19-21-10-6-4-7-11-21/h4,6-7,10-15,25H,2-3,5,8-9,16-19H2,1H3,(H,26,28). The molecule has 0 aliphatic carbocycles. The molecule has 2 unspecified atom stereocenters. The third kappa shape index (κ3) is 7.28. The first-order valence-corrected chi connectivity index (χ1v) is 12.5. The van der Waals surface area contributed by atoms with E-state index in [4.69, 9.17) is 4.74 Å². The van der Waals surface area contributed by atoms with E-state index in [-0.39, 0.29) is 30.2 Å². The number of rotatable bonds is 13. The minimum absolute atomic E-state index is 0.0124. The molecule has 1 aliphatic heterocycles. The summed E-state index contributed by atoms with van der Waals surface area (Å²) in [5.74, 6) is 0.981. The number of carbonyl (C=O) groups is 2. The lowest BCUT2D eigenvalue weighted by Crippen LogP contribution is -2.59. The van der Waals surface area contributed by atoms with Gasteiger partial charge >= 0.3 is 0 Å². The molecule has 1 heterocycles. The van der Waals surface area contributed by atoms with Crippen molar-refractivity contribution in [1.82, 2.24) is 10.2 Å². The van der Waals surface area contributed by atoms with Crippen LogP contribution in [0.15, 0.2) is 54.6 Å². The van der Waals surface area contributed by atoms with Crippen molar-refractivity contribution < 1.29 is 18.9 Å². The van der Waals surface area contributed by atoms with E-state index in [1.165, 1.54) is 10.5 Å². The normalized spacial score (nSPS) is 16.4. The van der Waals surface area contributed by atoms with Crippen molar-refractivity contribution in [1.29, 1.82) is 0 Å². The van der Waals surface area contributed by atoms with Gasteiger partial charge in [0.15, 0.2) is 5.37 Å². The molecule has 2 atom stereocenters. The SMILES string of the molecule is COc1ccc(CCCCCCNC(=O)CN2C(=O)CC2[S+]([O-])Cc2ccccc2)cc1. The molecular weight excluding hydrogens is 424 g/mol. The van der Waals surface area contributed by atoms with Crippen LogP contribution < -0.4 is 10.1 Å². The Hall–Kier alpha value is -2.51. The third-order valence-electron chi connectivity index (χ3n) is 5.66. The van der Waals surface area contributed by atoms with E-state index < -0.39 is 11.2 Å². The maximum absolute atomic E-state index is 12.6. The number of aryl methyl sites for hydroxylation is 1. The zero-order chi connectivity index (χ0) is 22.8. The highest BCUT2D eigenvalue weighted by atomic mass is 32.2. The second-order valence-corrected chi connectivity index (χ2v) is 9.65. The summed E-state index contributed by atoms with van der Waals surface area (Å²) in [6.07, 6.45) is 5.45. The fourth-order valence-corrected chi connectivity index (χ4v) is 5.24. The van der Waals surface area contributed by atoms with E-state index in [1.54, 1.807) is 7.11 Å². The summed E-state index contributed by atoms with van der Waals surface area (Å²) >= 11 is -1.21. The number of nitrogens with one attached hydrogen (secondary N) is 1. The Morgan fingerprint density at radius 1 is 1.06 bits per heavy atom. The van der Waals surface area contributed by atoms with Crippen molar-refractivity contribution >= 4 is 23.0 Å². The quantitative estimate of drug-likeness (QED) is 0.284. The summed E-state index contributed by atoms with van der Waals surface area (Å²) < 4.78 is 17.8. The Labute approximate surface area is 193 Å². The number of unbranched alkanes of at least 4 members (excludes halogenated alkanes) is 3. The highest BCUT2D eigenvalue weighted by Crippen LogP contribution is 2.26. The van der Waals surface area contributed by atoms with E-state index in [1.807, 2.05) is 42.5 Å². The maximum atomic E-state index is 12.6. The summed E-state index contributed by atoms with van der Waals surface area (Å²) in [4.78, 5) is 25.6. The number of β-lactam (4-membered cyclic amide) rings is 1. The second kappa shape index (κ2) is 12.5. The van der Waals surface area contributed by atoms with Crippen molar-refractivity contribution in [3.8, 4) is 5.75 Å². The van der Waals surface area contributed by atoms with Gasteiger partial charge in [0.25, 0.3) is 0 Å². The van der Waals surface area contributed by atoms with Crippen LogP contribution >= 0.6 is 0 Å². The number of likely N-dealkylation sites (tertiary alicyclic amines) is 1. The Morgan fingerprint density at radius 2 is 1.78 bits per heavy atom. The van der Waals surface area contributed by atoms with E-state index in [0.717, 1.165) is 43.4 Å². The predicted molar refractivity (Wildman–Crippen MR) is 127 cm³/mol. The third-order valence-corrected chi connectivity index (χ3v) is 7.31. The van der Waals surface area contributed by atoms with Crippen molar-refractivity contribution in [2.45, 2.75) is 49.7 Å². The van der Waals surface area contributed by atoms with Crippen molar-refractivity contribution in [3.63, 3.8) is 0 Å². The van der Waals surface area contributed by atoms with Gasteiger partial charge in [0, 0.05) is 12.1 Å². The van der Waals surface area contributed by atoms with Crippen molar-refractivity contribution in [2.75, 3.05) is 20.2 Å². The van der Waals surface area contributed by atoms with Crippen LogP contribution in [0.4, 0.5) is 0 Å². The van der Waals surface area contributed by atoms with Gasteiger partial charge in [-0.05, 0) is 48.1 Å². The molecule has 0 radical (unpaired) electrons. The molecule has 0 aromatic heterocycles. The van der Waals surface area contributed by atoms with Crippen LogP contribution in [-0.2, 0) is 32.9 Å². The zero-order valence-electron chi connectivity index (χ0n) is 18.6. The lowest BCUT2D eigenvalue weighted by atomic mass is 10.1. The fraction of sp³-hybridized carbons (Fsp3) is 0.440. The van der Waals surface area contributed by atoms with Crippen LogP contribution in [0.25, 0.3) is 0 Å². The zero-order valence-corrected chi connectivity index (χ0v) is 19.4. The molecule has 6 nitrogen and oxygen atoms in total. The number of amides is 2. The summed E-state index contributed by atoms with van der Waals surface area (Å²) in [5.41, 5.74) is 2.28. The Morgan fingerprint density at radius 3 is 2.47 bits per heavy atom. The summed E-state index contributed by atoms with van der Waals surface area (Å²) in [6, 6.07) is 17.7. The Kier molecular flexibility index (Phi) is 9.43. The molecule has 0 bridgehead atoms. The number of hydrogen-bond donors (Lipinski definition) is 1. The second-order valence-electron chi connectivity index (χ2n) is 8.05. The van der Waals surface area contributed by atoms with E-state index >= 15 is 0 Å². The molecule has 2 aromatic rings. The number of methoxy groups -OCH3 is 1. The number of benzene rings is 2. The molecule has 3 rings (SSSR count). The van der Waals surface area contributed by atoms with Gasteiger partial charge in [-0.1, -0.05) is 55.3 Å². The lowest BCUT2D eigenvalue weighted by Gasteiger charge is -2.39. The van der Waals surface area contributed by atoms with Crippen LogP contribution in [0.2, 0.25) is 0 Å².